The van der Waals surface area contributed by atoms with E-state index in [0.29, 0.717) is 12.4 Å². The lowest BCUT2D eigenvalue weighted by atomic mass is 10.2. The Labute approximate surface area is 129 Å². The summed E-state index contributed by atoms with van der Waals surface area (Å²) < 4.78 is 30.2. The third kappa shape index (κ3) is 4.56. The van der Waals surface area contributed by atoms with Gasteiger partial charge in [-0.1, -0.05) is 6.07 Å². The van der Waals surface area contributed by atoms with Gasteiger partial charge < -0.3 is 4.74 Å². The molecule has 1 N–H and O–H groups in total. The van der Waals surface area contributed by atoms with E-state index in [1.54, 1.807) is 18.3 Å². The lowest BCUT2D eigenvalue weighted by Gasteiger charge is -2.07. The van der Waals surface area contributed by atoms with Crippen molar-refractivity contribution in [2.45, 2.75) is 13.5 Å². The van der Waals surface area contributed by atoms with Gasteiger partial charge >= 0.3 is 0 Å². The van der Waals surface area contributed by atoms with Crippen LogP contribution >= 0.6 is 0 Å². The fourth-order valence-electron chi connectivity index (χ4n) is 1.62. The number of carbonyl (C=O) groups excluding carboxylic acids is 1. The van der Waals surface area contributed by atoms with Gasteiger partial charge in [0.25, 0.3) is 5.91 Å². The highest BCUT2D eigenvalue weighted by Gasteiger charge is 2.13. The predicted molar refractivity (Wildman–Crippen MR) is 81.9 cm³/mol. The van der Waals surface area contributed by atoms with Crippen LogP contribution in [-0.2, 0) is 16.6 Å². The molecule has 22 heavy (non-hydrogen) atoms. The number of carbonyl (C=O) groups is 1. The van der Waals surface area contributed by atoms with E-state index in [9.17, 15) is 13.2 Å². The fourth-order valence-corrected chi connectivity index (χ4v) is 2.16. The van der Waals surface area contributed by atoms with Crippen LogP contribution < -0.4 is 9.46 Å². The first kappa shape index (κ1) is 16.0. The summed E-state index contributed by atoms with van der Waals surface area (Å²) in [5.41, 5.74) is 1.04. The van der Waals surface area contributed by atoms with E-state index in [4.69, 9.17) is 4.74 Å². The number of nitrogens with one attached hydrogen (secondary N) is 1. The monoisotopic (exact) mass is 320 g/mol. The topological polar surface area (TPSA) is 85.4 Å². The zero-order valence-corrected chi connectivity index (χ0v) is 12.8. The van der Waals surface area contributed by atoms with Crippen LogP contribution in [0.1, 0.15) is 23.0 Å². The summed E-state index contributed by atoms with van der Waals surface area (Å²) in [4.78, 5) is 15.9. The number of sulfonamides is 1. The summed E-state index contributed by atoms with van der Waals surface area (Å²) in [5.74, 6) is -0.233. The van der Waals surface area contributed by atoms with Crippen molar-refractivity contribution in [2.24, 2.45) is 0 Å². The molecule has 0 saturated heterocycles. The van der Waals surface area contributed by atoms with Gasteiger partial charge in [-0.15, -0.1) is 0 Å². The Morgan fingerprint density at radius 2 is 1.91 bits per heavy atom. The Morgan fingerprint density at radius 3 is 2.50 bits per heavy atom. The van der Waals surface area contributed by atoms with Gasteiger partial charge in [-0.2, -0.15) is 0 Å². The number of pyridine rings is 1. The maximum atomic E-state index is 11.8. The molecule has 1 aromatic heterocycles. The average molecular weight is 320 g/mol. The molecule has 0 aliphatic carbocycles. The molecule has 0 atom stereocenters. The molecular formula is C15H16N2O4S. The number of amides is 1. The molecule has 2 aromatic rings. The SMILES string of the molecule is CCS(=O)(=O)NC(=O)c1ccc(OCc2ccccn2)cc1. The molecule has 0 fully saturated rings. The minimum absolute atomic E-state index is 0.149. The second-order valence-electron chi connectivity index (χ2n) is 4.47. The summed E-state index contributed by atoms with van der Waals surface area (Å²) in [6.07, 6.45) is 1.68. The van der Waals surface area contributed by atoms with Gasteiger partial charge in [0.05, 0.1) is 11.4 Å². The van der Waals surface area contributed by atoms with E-state index in [-0.39, 0.29) is 11.3 Å². The Bertz CT molecular complexity index is 728. The van der Waals surface area contributed by atoms with Crippen LogP contribution in [0.15, 0.2) is 48.7 Å². The van der Waals surface area contributed by atoms with Crippen molar-refractivity contribution in [1.82, 2.24) is 9.71 Å². The zero-order chi connectivity index (χ0) is 16.0. The van der Waals surface area contributed by atoms with Crippen molar-refractivity contribution in [3.05, 3.63) is 59.9 Å². The molecular weight excluding hydrogens is 304 g/mol. The number of nitrogens with zero attached hydrogens (tertiary/aromatic N) is 1. The van der Waals surface area contributed by atoms with Crippen LogP contribution in [0.25, 0.3) is 0 Å². The van der Waals surface area contributed by atoms with Crippen LogP contribution in [0.3, 0.4) is 0 Å². The Morgan fingerprint density at radius 1 is 1.18 bits per heavy atom. The summed E-state index contributed by atoms with van der Waals surface area (Å²) in [5, 5.41) is 0. The third-order valence-corrected chi connectivity index (χ3v) is 4.11. The van der Waals surface area contributed by atoms with E-state index in [0.717, 1.165) is 5.69 Å². The van der Waals surface area contributed by atoms with Crippen LogP contribution in [0.2, 0.25) is 0 Å². The second-order valence-corrected chi connectivity index (χ2v) is 6.48. The minimum atomic E-state index is -3.56. The number of hydrogen-bond donors (Lipinski definition) is 1. The Hall–Kier alpha value is -2.41. The molecule has 1 heterocycles. The van der Waals surface area contributed by atoms with Gasteiger partial charge in [-0.25, -0.2) is 13.1 Å². The lowest BCUT2D eigenvalue weighted by Crippen LogP contribution is -2.31. The maximum absolute atomic E-state index is 11.8. The predicted octanol–water partition coefficient (Wildman–Crippen LogP) is 1.74. The molecule has 2 rings (SSSR count). The van der Waals surface area contributed by atoms with Crippen LogP contribution in [0.4, 0.5) is 0 Å². The number of benzene rings is 1. The second kappa shape index (κ2) is 7.04. The molecule has 0 aliphatic rings. The van der Waals surface area contributed by atoms with E-state index in [1.807, 2.05) is 22.9 Å². The molecule has 0 aliphatic heterocycles. The lowest BCUT2D eigenvalue weighted by molar-refractivity contribution is 0.0981. The summed E-state index contributed by atoms with van der Waals surface area (Å²) in [6.45, 7) is 1.78. The summed E-state index contributed by atoms with van der Waals surface area (Å²) in [7, 11) is -3.56. The molecule has 7 heteroatoms. The van der Waals surface area contributed by atoms with Gasteiger partial charge in [-0.3, -0.25) is 9.78 Å². The quantitative estimate of drug-likeness (QED) is 0.876. The van der Waals surface area contributed by atoms with E-state index in [2.05, 4.69) is 4.98 Å². The van der Waals surface area contributed by atoms with Crippen molar-refractivity contribution in [3.63, 3.8) is 0 Å². The van der Waals surface area contributed by atoms with Crippen molar-refractivity contribution in [2.75, 3.05) is 5.75 Å². The number of aromatic nitrogens is 1. The number of hydrogen-bond acceptors (Lipinski definition) is 5. The number of ether oxygens (including phenoxy) is 1. The van der Waals surface area contributed by atoms with Crippen LogP contribution in [-0.4, -0.2) is 25.1 Å². The largest absolute Gasteiger partial charge is 0.487 e. The summed E-state index contributed by atoms with van der Waals surface area (Å²) >= 11 is 0. The van der Waals surface area contributed by atoms with Gasteiger partial charge in [-0.05, 0) is 43.3 Å². The molecule has 0 bridgehead atoms. The van der Waals surface area contributed by atoms with E-state index < -0.39 is 15.9 Å². The van der Waals surface area contributed by atoms with Crippen molar-refractivity contribution >= 4 is 15.9 Å². The molecule has 1 aromatic carbocycles. The summed E-state index contributed by atoms with van der Waals surface area (Å²) in [6, 6.07) is 11.8. The standard InChI is InChI=1S/C15H16N2O4S/c1-2-22(19,20)17-15(18)12-6-8-14(9-7-12)21-11-13-5-3-4-10-16-13/h3-10H,2,11H2,1H3,(H,17,18). The first-order valence-electron chi connectivity index (χ1n) is 6.68. The van der Waals surface area contributed by atoms with E-state index in [1.165, 1.54) is 19.1 Å². The first-order valence-corrected chi connectivity index (χ1v) is 8.33. The smallest absolute Gasteiger partial charge is 0.264 e. The van der Waals surface area contributed by atoms with Gasteiger partial charge in [0.2, 0.25) is 10.0 Å². The fraction of sp³-hybridized carbons (Fsp3) is 0.200. The molecule has 116 valence electrons. The van der Waals surface area contributed by atoms with Crippen LogP contribution in [0, 0.1) is 0 Å². The maximum Gasteiger partial charge on any atom is 0.264 e. The van der Waals surface area contributed by atoms with Crippen LogP contribution in [0.5, 0.6) is 5.75 Å². The zero-order valence-electron chi connectivity index (χ0n) is 12.0. The molecule has 1 amide bonds. The Balaban J connectivity index is 1.97. The van der Waals surface area contributed by atoms with Gasteiger partial charge in [0.1, 0.15) is 12.4 Å². The number of rotatable bonds is 6. The Kier molecular flexibility index (Phi) is 5.11. The first-order chi connectivity index (χ1) is 10.5. The van der Waals surface area contributed by atoms with Gasteiger partial charge in [0, 0.05) is 11.8 Å². The highest BCUT2D eigenvalue weighted by molar-refractivity contribution is 7.90. The van der Waals surface area contributed by atoms with E-state index >= 15 is 0 Å². The van der Waals surface area contributed by atoms with Gasteiger partial charge in [0.15, 0.2) is 0 Å². The van der Waals surface area contributed by atoms with Crippen molar-refractivity contribution in [3.8, 4) is 5.75 Å². The van der Waals surface area contributed by atoms with Crippen molar-refractivity contribution in [1.29, 1.82) is 0 Å². The highest BCUT2D eigenvalue weighted by Crippen LogP contribution is 2.14. The highest BCUT2D eigenvalue weighted by atomic mass is 32.2. The normalized spacial score (nSPS) is 11.0. The molecule has 0 unspecified atom stereocenters. The molecule has 0 spiro atoms. The van der Waals surface area contributed by atoms with Crippen molar-refractivity contribution < 1.29 is 17.9 Å². The minimum Gasteiger partial charge on any atom is -0.487 e. The molecule has 0 saturated carbocycles. The third-order valence-electron chi connectivity index (χ3n) is 2.86. The average Bonchev–Trinajstić information content (AvgIpc) is 2.54. The molecule has 0 radical (unpaired) electrons. The molecule has 6 nitrogen and oxygen atoms in total.